The lowest BCUT2D eigenvalue weighted by Crippen LogP contribution is -2.23. The van der Waals surface area contributed by atoms with Gasteiger partial charge in [0.15, 0.2) is 0 Å². The van der Waals surface area contributed by atoms with Crippen LogP contribution in [0.1, 0.15) is 11.1 Å². The summed E-state index contributed by atoms with van der Waals surface area (Å²) in [5, 5.41) is 10.6. The largest absolute Gasteiger partial charge is 0.392 e. The molecule has 0 aliphatic heterocycles. The van der Waals surface area contributed by atoms with E-state index < -0.39 is 15.8 Å². The lowest BCUT2D eigenvalue weighted by atomic mass is 10.1. The van der Waals surface area contributed by atoms with E-state index in [4.69, 9.17) is 0 Å². The molecule has 26 heavy (non-hydrogen) atoms. The van der Waals surface area contributed by atoms with Crippen molar-refractivity contribution in [1.29, 1.82) is 0 Å². The molecule has 2 atom stereocenters. The van der Waals surface area contributed by atoms with Crippen molar-refractivity contribution in [3.8, 4) is 0 Å². The molecule has 0 saturated heterocycles. The first-order chi connectivity index (χ1) is 12.7. The van der Waals surface area contributed by atoms with Gasteiger partial charge in [0.05, 0.1) is 28.1 Å². The summed E-state index contributed by atoms with van der Waals surface area (Å²) in [6, 6.07) is 28.8. The normalized spacial score (nSPS) is 14.3. The maximum absolute atomic E-state index is 13.6. The van der Waals surface area contributed by atoms with Crippen LogP contribution >= 0.6 is 0 Å². The molecule has 0 amide bonds. The number of benzene rings is 3. The van der Waals surface area contributed by atoms with Gasteiger partial charge in [0, 0.05) is 4.90 Å². The molecule has 0 saturated carbocycles. The van der Waals surface area contributed by atoms with Gasteiger partial charge in [0.25, 0.3) is 0 Å². The van der Waals surface area contributed by atoms with Gasteiger partial charge in [0.1, 0.15) is 0 Å². The molecule has 0 heterocycles. The first kappa shape index (κ1) is 18.4. The van der Waals surface area contributed by atoms with E-state index in [2.05, 4.69) is 4.36 Å². The molecule has 1 unspecified atom stereocenters. The molecule has 0 fully saturated rings. The van der Waals surface area contributed by atoms with Crippen LogP contribution < -0.4 is 0 Å². The van der Waals surface area contributed by atoms with Crippen LogP contribution in [0.15, 0.2) is 100 Å². The molecule has 0 bridgehead atoms. The highest BCUT2D eigenvalue weighted by molar-refractivity contribution is 7.93. The molecule has 0 spiro atoms. The Hall–Kier alpha value is -2.43. The Balaban J connectivity index is 1.84. The van der Waals surface area contributed by atoms with E-state index >= 15 is 0 Å². The molecule has 0 radical (unpaired) electrons. The van der Waals surface area contributed by atoms with Crippen molar-refractivity contribution in [2.75, 3.05) is 5.75 Å². The number of aliphatic hydroxyl groups is 1. The number of hydrogen-bond donors (Lipinski definition) is 1. The molecule has 3 nitrogen and oxygen atoms in total. The van der Waals surface area contributed by atoms with Crippen LogP contribution in [0.2, 0.25) is 0 Å². The maximum atomic E-state index is 13.6. The SMILES string of the molecule is O=[S@](CC(O)Cc1ccccc1)(=NCc1ccccc1)c1ccccc1. The zero-order chi connectivity index (χ0) is 18.2. The van der Waals surface area contributed by atoms with Crippen molar-refractivity contribution in [1.82, 2.24) is 0 Å². The van der Waals surface area contributed by atoms with Gasteiger partial charge in [-0.1, -0.05) is 78.9 Å². The molecule has 4 heteroatoms. The summed E-state index contributed by atoms with van der Waals surface area (Å²) < 4.78 is 18.2. The van der Waals surface area contributed by atoms with Crippen LogP contribution in [-0.4, -0.2) is 21.2 Å². The van der Waals surface area contributed by atoms with Crippen molar-refractivity contribution in [2.24, 2.45) is 4.36 Å². The van der Waals surface area contributed by atoms with Crippen LogP contribution in [0.3, 0.4) is 0 Å². The molecule has 3 rings (SSSR count). The van der Waals surface area contributed by atoms with Crippen molar-refractivity contribution in [3.05, 3.63) is 102 Å². The van der Waals surface area contributed by atoms with Gasteiger partial charge in [-0.25, -0.2) is 8.57 Å². The van der Waals surface area contributed by atoms with E-state index in [1.165, 1.54) is 0 Å². The summed E-state index contributed by atoms with van der Waals surface area (Å²) in [4.78, 5) is 0.669. The molecule has 0 aromatic heterocycles. The first-order valence-corrected chi connectivity index (χ1v) is 10.4. The topological polar surface area (TPSA) is 49.7 Å². The Bertz CT molecular complexity index is 918. The predicted molar refractivity (Wildman–Crippen MR) is 106 cm³/mol. The van der Waals surface area contributed by atoms with E-state index in [-0.39, 0.29) is 5.75 Å². The summed E-state index contributed by atoms with van der Waals surface area (Å²) in [6.45, 7) is 0.368. The summed E-state index contributed by atoms with van der Waals surface area (Å²) in [5.41, 5.74) is 2.03. The number of hydrogen-bond acceptors (Lipinski definition) is 3. The minimum atomic E-state index is -2.71. The summed E-state index contributed by atoms with van der Waals surface area (Å²) >= 11 is 0. The number of nitrogens with zero attached hydrogens (tertiary/aromatic N) is 1. The lowest BCUT2D eigenvalue weighted by Gasteiger charge is -2.16. The van der Waals surface area contributed by atoms with E-state index in [0.717, 1.165) is 11.1 Å². The summed E-state index contributed by atoms with van der Waals surface area (Å²) in [5.74, 6) is 0.124. The zero-order valence-electron chi connectivity index (χ0n) is 14.6. The third kappa shape index (κ3) is 5.04. The van der Waals surface area contributed by atoms with Crippen LogP contribution in [0.4, 0.5) is 0 Å². The van der Waals surface area contributed by atoms with Gasteiger partial charge >= 0.3 is 0 Å². The van der Waals surface area contributed by atoms with E-state index in [1.54, 1.807) is 0 Å². The highest BCUT2D eigenvalue weighted by Crippen LogP contribution is 2.18. The van der Waals surface area contributed by atoms with E-state index in [9.17, 15) is 9.32 Å². The quantitative estimate of drug-likeness (QED) is 0.678. The van der Waals surface area contributed by atoms with E-state index in [1.807, 2.05) is 91.0 Å². The molecule has 134 valence electrons. The highest BCUT2D eigenvalue weighted by atomic mass is 32.2. The summed E-state index contributed by atoms with van der Waals surface area (Å²) in [6.07, 6.45) is -0.254. The Labute approximate surface area is 155 Å². The fourth-order valence-corrected chi connectivity index (χ4v) is 4.85. The molecule has 1 N–H and O–H groups in total. The Morgan fingerprint density at radius 3 is 1.85 bits per heavy atom. The van der Waals surface area contributed by atoms with Gasteiger partial charge in [-0.05, 0) is 29.7 Å². The van der Waals surface area contributed by atoms with Gasteiger partial charge in [-0.3, -0.25) is 0 Å². The van der Waals surface area contributed by atoms with Crippen molar-refractivity contribution < 1.29 is 9.32 Å². The van der Waals surface area contributed by atoms with Gasteiger partial charge in [-0.15, -0.1) is 0 Å². The molecule has 0 aliphatic rings. The second kappa shape index (κ2) is 8.79. The minimum Gasteiger partial charge on any atom is -0.392 e. The monoisotopic (exact) mass is 365 g/mol. The van der Waals surface area contributed by atoms with Crippen LogP contribution in [0, 0.1) is 0 Å². The van der Waals surface area contributed by atoms with Gasteiger partial charge in [-0.2, -0.15) is 0 Å². The fraction of sp³-hybridized carbons (Fsp3) is 0.182. The zero-order valence-corrected chi connectivity index (χ0v) is 15.4. The smallest absolute Gasteiger partial charge is 0.0781 e. The van der Waals surface area contributed by atoms with Crippen LogP contribution in [0.25, 0.3) is 0 Å². The average molecular weight is 365 g/mol. The van der Waals surface area contributed by atoms with E-state index in [0.29, 0.717) is 17.9 Å². The Morgan fingerprint density at radius 1 is 0.769 bits per heavy atom. The third-order valence-corrected chi connectivity index (χ3v) is 6.53. The molecular weight excluding hydrogens is 342 g/mol. The Kier molecular flexibility index (Phi) is 6.21. The maximum Gasteiger partial charge on any atom is 0.0781 e. The van der Waals surface area contributed by atoms with Crippen molar-refractivity contribution >= 4 is 9.73 Å². The van der Waals surface area contributed by atoms with Crippen molar-refractivity contribution in [2.45, 2.75) is 24.0 Å². The average Bonchev–Trinajstić information content (AvgIpc) is 2.69. The van der Waals surface area contributed by atoms with Gasteiger partial charge < -0.3 is 5.11 Å². The second-order valence-corrected chi connectivity index (χ2v) is 8.58. The molecule has 3 aromatic carbocycles. The first-order valence-electron chi connectivity index (χ1n) is 8.67. The predicted octanol–water partition coefficient (Wildman–Crippen LogP) is 4.32. The molecule has 0 aliphatic carbocycles. The standard InChI is InChI=1S/C22H23NO2S/c24-21(16-19-10-4-1-5-11-19)18-26(25,22-14-8-3-9-15-22)23-17-20-12-6-2-7-13-20/h1-15,21,24H,16-18H2/t21?,26-/m0/s1. The molecule has 3 aromatic rings. The van der Waals surface area contributed by atoms with Crippen LogP contribution in [0.5, 0.6) is 0 Å². The van der Waals surface area contributed by atoms with Gasteiger partial charge in [0.2, 0.25) is 0 Å². The second-order valence-electron chi connectivity index (χ2n) is 6.24. The highest BCUT2D eigenvalue weighted by Gasteiger charge is 2.18. The third-order valence-electron chi connectivity index (χ3n) is 4.14. The lowest BCUT2D eigenvalue weighted by molar-refractivity contribution is 0.198. The fourth-order valence-electron chi connectivity index (χ4n) is 2.82. The Morgan fingerprint density at radius 2 is 1.27 bits per heavy atom. The molecular formula is C22H23NO2S. The number of aliphatic hydroxyl groups excluding tert-OH is 1. The summed E-state index contributed by atoms with van der Waals surface area (Å²) in [7, 11) is -2.71. The minimum absolute atomic E-state index is 0.124. The number of rotatable bonds is 7. The van der Waals surface area contributed by atoms with Crippen LogP contribution in [-0.2, 0) is 22.7 Å². The van der Waals surface area contributed by atoms with Crippen molar-refractivity contribution in [3.63, 3.8) is 0 Å².